The maximum absolute atomic E-state index is 13.3. The van der Waals surface area contributed by atoms with Crippen molar-refractivity contribution in [1.29, 1.82) is 0 Å². The fourth-order valence-corrected chi connectivity index (χ4v) is 5.78. The number of piperidine rings is 1. The minimum Gasteiger partial charge on any atom is -0.475 e. The largest absolute Gasteiger partial charge is 0.475 e. The molecular formula is C25H28N6O4S. The van der Waals surface area contributed by atoms with Crippen LogP contribution in [0.3, 0.4) is 0 Å². The Morgan fingerprint density at radius 2 is 1.97 bits per heavy atom. The maximum atomic E-state index is 13.3. The van der Waals surface area contributed by atoms with Crippen molar-refractivity contribution >= 4 is 27.6 Å². The van der Waals surface area contributed by atoms with Crippen LogP contribution in [0.15, 0.2) is 53.7 Å². The molecule has 0 spiro atoms. The van der Waals surface area contributed by atoms with E-state index in [2.05, 4.69) is 19.6 Å². The van der Waals surface area contributed by atoms with E-state index in [1.54, 1.807) is 24.4 Å². The second-order valence-corrected chi connectivity index (χ2v) is 11.1. The molecule has 3 N–H and O–H groups in total. The Morgan fingerprint density at radius 3 is 2.61 bits per heavy atom. The van der Waals surface area contributed by atoms with Crippen molar-refractivity contribution in [2.75, 3.05) is 17.2 Å². The summed E-state index contributed by atoms with van der Waals surface area (Å²) < 4.78 is 33.4. The van der Waals surface area contributed by atoms with Crippen LogP contribution in [-0.2, 0) is 10.0 Å². The van der Waals surface area contributed by atoms with E-state index in [0.717, 1.165) is 31.4 Å². The molecule has 11 heteroatoms. The molecule has 5 rings (SSSR count). The van der Waals surface area contributed by atoms with E-state index in [1.165, 1.54) is 18.2 Å². The third kappa shape index (κ3) is 4.83. The van der Waals surface area contributed by atoms with Crippen LogP contribution in [0.5, 0.6) is 5.88 Å². The number of nitrogen functional groups attached to an aromatic ring is 1. The van der Waals surface area contributed by atoms with Gasteiger partial charge in [-0.2, -0.15) is 8.42 Å². The monoisotopic (exact) mass is 508 g/mol. The second-order valence-electron chi connectivity index (χ2n) is 9.44. The molecule has 3 aromatic heterocycles. The number of nitrogens with zero attached hydrogens (tertiary/aromatic N) is 4. The van der Waals surface area contributed by atoms with Gasteiger partial charge in [0.25, 0.3) is 15.9 Å². The number of fused-ring (bicyclic) bond motifs is 2. The third-order valence-electron chi connectivity index (χ3n) is 6.44. The predicted molar refractivity (Wildman–Crippen MR) is 135 cm³/mol. The van der Waals surface area contributed by atoms with Crippen molar-refractivity contribution in [3.63, 3.8) is 0 Å². The minimum absolute atomic E-state index is 0.00951. The van der Waals surface area contributed by atoms with Crippen LogP contribution >= 0.6 is 0 Å². The number of nitrogens with two attached hydrogens (primary N) is 1. The van der Waals surface area contributed by atoms with Gasteiger partial charge in [0.2, 0.25) is 5.88 Å². The van der Waals surface area contributed by atoms with E-state index in [0.29, 0.717) is 23.3 Å². The van der Waals surface area contributed by atoms with Gasteiger partial charge in [-0.15, -0.1) is 0 Å². The number of amides is 1. The normalized spacial score (nSPS) is 19.0. The highest BCUT2D eigenvalue weighted by Crippen LogP contribution is 2.41. The topological polar surface area (TPSA) is 140 Å². The van der Waals surface area contributed by atoms with Gasteiger partial charge in [0, 0.05) is 30.4 Å². The number of aromatic nitrogens is 3. The molecule has 1 amide bonds. The van der Waals surface area contributed by atoms with Gasteiger partial charge in [0.05, 0.1) is 17.4 Å². The molecular weight excluding hydrogens is 480 g/mol. The van der Waals surface area contributed by atoms with Gasteiger partial charge in [0.1, 0.15) is 11.6 Å². The van der Waals surface area contributed by atoms with Crippen molar-refractivity contribution in [1.82, 2.24) is 19.7 Å². The van der Waals surface area contributed by atoms with Crippen LogP contribution in [0.2, 0.25) is 0 Å². The SMILES string of the molecule is CC(C)Oc1ccc(-c2ccc(C(=O)NS(=O)(=O)c3cccc(N)n3)c(N3CC4CC[C@H]3C4)n2)cn1. The van der Waals surface area contributed by atoms with Crippen molar-refractivity contribution in [3.05, 3.63) is 54.2 Å². The van der Waals surface area contributed by atoms with Crippen molar-refractivity contribution in [3.8, 4) is 17.1 Å². The van der Waals surface area contributed by atoms with E-state index in [4.69, 9.17) is 15.5 Å². The Bertz CT molecular complexity index is 1390. The zero-order valence-electron chi connectivity index (χ0n) is 20.1. The molecule has 2 fully saturated rings. The van der Waals surface area contributed by atoms with Gasteiger partial charge in [-0.1, -0.05) is 6.07 Å². The predicted octanol–water partition coefficient (Wildman–Crippen LogP) is 3.02. The molecule has 3 aromatic rings. The lowest BCUT2D eigenvalue weighted by Crippen LogP contribution is -2.37. The maximum Gasteiger partial charge on any atom is 0.281 e. The minimum atomic E-state index is -4.22. The van der Waals surface area contributed by atoms with Gasteiger partial charge >= 0.3 is 0 Å². The van der Waals surface area contributed by atoms with Crippen LogP contribution in [0, 0.1) is 5.92 Å². The van der Waals surface area contributed by atoms with Crippen LogP contribution in [0.1, 0.15) is 43.5 Å². The summed E-state index contributed by atoms with van der Waals surface area (Å²) in [5.41, 5.74) is 7.21. The Hall–Kier alpha value is -3.73. The van der Waals surface area contributed by atoms with Crippen LogP contribution < -0.4 is 20.1 Å². The summed E-state index contributed by atoms with van der Waals surface area (Å²) >= 11 is 0. The third-order valence-corrected chi connectivity index (χ3v) is 7.67. The van der Waals surface area contributed by atoms with E-state index < -0.39 is 15.9 Å². The lowest BCUT2D eigenvalue weighted by atomic mass is 10.1. The van der Waals surface area contributed by atoms with E-state index >= 15 is 0 Å². The highest BCUT2D eigenvalue weighted by Gasteiger charge is 2.40. The fourth-order valence-electron chi connectivity index (χ4n) is 4.84. The van der Waals surface area contributed by atoms with Crippen molar-refractivity contribution in [2.45, 2.75) is 50.3 Å². The lowest BCUT2D eigenvalue weighted by Gasteiger charge is -2.30. The van der Waals surface area contributed by atoms with Gasteiger partial charge < -0.3 is 15.4 Å². The van der Waals surface area contributed by atoms with Crippen molar-refractivity contribution in [2.24, 2.45) is 5.92 Å². The summed E-state index contributed by atoms with van der Waals surface area (Å²) in [6.45, 7) is 4.64. The zero-order chi connectivity index (χ0) is 25.4. The number of anilines is 2. The van der Waals surface area contributed by atoms with Crippen LogP contribution in [-0.4, -0.2) is 48.0 Å². The first-order chi connectivity index (χ1) is 17.2. The first-order valence-electron chi connectivity index (χ1n) is 11.9. The Balaban J connectivity index is 1.48. The molecule has 188 valence electrons. The lowest BCUT2D eigenvalue weighted by molar-refractivity contribution is 0.0981. The first kappa shape index (κ1) is 24.0. The summed E-state index contributed by atoms with van der Waals surface area (Å²) in [7, 11) is -4.22. The van der Waals surface area contributed by atoms with Gasteiger partial charge in [-0.25, -0.2) is 19.7 Å². The molecule has 0 radical (unpaired) electrons. The number of rotatable bonds is 7. The fraction of sp³-hybridized carbons (Fsp3) is 0.360. The molecule has 1 saturated carbocycles. The standard InChI is InChI=1S/C25H28N6O4S/c1-15(2)35-22-11-7-17(13-27-22)20-10-9-19(24(28-20)31-14-16-6-8-18(31)12-16)25(32)30-36(33,34)23-5-3-4-21(26)29-23/h3-5,7,9-11,13,15-16,18H,6,8,12,14H2,1-2H3,(H2,26,29)(H,30,32)/t16?,18-/m0/s1. The molecule has 1 unspecified atom stereocenters. The quantitative estimate of drug-likeness (QED) is 0.493. The average Bonchev–Trinajstić information content (AvgIpc) is 3.47. The first-order valence-corrected chi connectivity index (χ1v) is 13.4. The summed E-state index contributed by atoms with van der Waals surface area (Å²) in [6, 6.07) is 11.4. The Morgan fingerprint density at radius 1 is 1.14 bits per heavy atom. The van der Waals surface area contributed by atoms with E-state index in [-0.39, 0.29) is 28.6 Å². The van der Waals surface area contributed by atoms with Crippen LogP contribution in [0.25, 0.3) is 11.3 Å². The number of carbonyl (C=O) groups excluding carboxylic acids is 1. The number of ether oxygens (including phenoxy) is 1. The molecule has 4 heterocycles. The Labute approximate surface area is 210 Å². The van der Waals surface area contributed by atoms with Gasteiger partial charge in [-0.05, 0) is 69.4 Å². The number of hydrogen-bond donors (Lipinski definition) is 2. The van der Waals surface area contributed by atoms with E-state index in [9.17, 15) is 13.2 Å². The molecule has 1 aliphatic carbocycles. The number of sulfonamides is 1. The summed E-state index contributed by atoms with van der Waals surface area (Å²) in [5.74, 6) is 0.807. The highest BCUT2D eigenvalue weighted by atomic mass is 32.2. The summed E-state index contributed by atoms with van der Waals surface area (Å²) in [4.78, 5) is 28.4. The Kier molecular flexibility index (Phi) is 6.25. The summed E-state index contributed by atoms with van der Waals surface area (Å²) in [5, 5.41) is -0.322. The van der Waals surface area contributed by atoms with Gasteiger partial charge in [0.15, 0.2) is 5.03 Å². The van der Waals surface area contributed by atoms with Crippen molar-refractivity contribution < 1.29 is 17.9 Å². The number of hydrogen-bond acceptors (Lipinski definition) is 9. The second kappa shape index (κ2) is 9.38. The smallest absolute Gasteiger partial charge is 0.281 e. The molecule has 2 aliphatic rings. The molecule has 10 nitrogen and oxygen atoms in total. The molecule has 2 bridgehead atoms. The zero-order valence-corrected chi connectivity index (χ0v) is 20.9. The average molecular weight is 509 g/mol. The molecule has 1 aliphatic heterocycles. The number of carbonyl (C=O) groups is 1. The summed E-state index contributed by atoms with van der Waals surface area (Å²) in [6.07, 6.45) is 4.90. The molecule has 36 heavy (non-hydrogen) atoms. The molecule has 2 atom stereocenters. The number of nitrogens with one attached hydrogen (secondary N) is 1. The molecule has 1 saturated heterocycles. The number of pyridine rings is 3. The van der Waals surface area contributed by atoms with Crippen LogP contribution in [0.4, 0.5) is 11.6 Å². The van der Waals surface area contributed by atoms with E-state index in [1.807, 2.05) is 19.9 Å². The highest BCUT2D eigenvalue weighted by molar-refractivity contribution is 7.90. The molecule has 0 aromatic carbocycles. The van der Waals surface area contributed by atoms with Gasteiger partial charge in [-0.3, -0.25) is 4.79 Å².